The zero-order valence-corrected chi connectivity index (χ0v) is 17.1. The fourth-order valence-corrected chi connectivity index (χ4v) is 3.29. The lowest BCUT2D eigenvalue weighted by molar-refractivity contribution is -0.118. The molecule has 0 radical (unpaired) electrons. The van der Waals surface area contributed by atoms with Crippen LogP contribution in [0.5, 0.6) is 17.2 Å². The number of carbonyl (C=O) groups is 1. The van der Waals surface area contributed by atoms with E-state index in [0.29, 0.717) is 28.1 Å². The zero-order chi connectivity index (χ0) is 19.2. The number of halogens is 1. The first-order valence-corrected chi connectivity index (χ1v) is 9.62. The van der Waals surface area contributed by atoms with Gasteiger partial charge in [0.2, 0.25) is 0 Å². The van der Waals surface area contributed by atoms with Crippen LogP contribution < -0.4 is 19.5 Å². The summed E-state index contributed by atoms with van der Waals surface area (Å²) in [6, 6.07) is 12.8. The maximum absolute atomic E-state index is 12.1. The average Bonchev–Trinajstić information content (AvgIpc) is 3.15. The van der Waals surface area contributed by atoms with Crippen LogP contribution in [-0.4, -0.2) is 31.7 Å². The topological polar surface area (TPSA) is 69.7 Å². The number of nitrogens with one attached hydrogen (secondary N) is 1. The maximum atomic E-state index is 12.1. The van der Waals surface area contributed by atoms with Crippen LogP contribution in [0, 0.1) is 0 Å². The lowest BCUT2D eigenvalue weighted by Gasteiger charge is -2.08. The molecule has 140 valence electrons. The lowest BCUT2D eigenvalue weighted by atomic mass is 10.1. The Bertz CT molecular complexity index is 928. The van der Waals surface area contributed by atoms with Crippen molar-refractivity contribution < 1.29 is 19.0 Å². The van der Waals surface area contributed by atoms with Crippen LogP contribution >= 0.6 is 27.3 Å². The molecule has 3 aromatic rings. The fourth-order valence-electron chi connectivity index (χ4n) is 2.30. The highest BCUT2D eigenvalue weighted by Gasteiger charge is 2.13. The Morgan fingerprint density at radius 1 is 1.11 bits per heavy atom. The highest BCUT2D eigenvalue weighted by Crippen LogP contribution is 2.34. The predicted molar refractivity (Wildman–Crippen MR) is 109 cm³/mol. The summed E-state index contributed by atoms with van der Waals surface area (Å²) < 4.78 is 17.0. The van der Waals surface area contributed by atoms with Crippen molar-refractivity contribution in [2.75, 3.05) is 26.1 Å². The molecule has 0 saturated heterocycles. The summed E-state index contributed by atoms with van der Waals surface area (Å²) in [5.41, 5.74) is 1.53. The van der Waals surface area contributed by atoms with Crippen LogP contribution in [0.3, 0.4) is 0 Å². The van der Waals surface area contributed by atoms with Gasteiger partial charge >= 0.3 is 0 Å². The monoisotopic (exact) mass is 448 g/mol. The Kier molecular flexibility index (Phi) is 6.31. The molecule has 0 aliphatic rings. The Hall–Kier alpha value is -2.58. The average molecular weight is 449 g/mol. The highest BCUT2D eigenvalue weighted by atomic mass is 79.9. The van der Waals surface area contributed by atoms with E-state index in [1.165, 1.54) is 11.3 Å². The molecule has 1 N–H and O–H groups in total. The van der Waals surface area contributed by atoms with Crippen LogP contribution in [0.1, 0.15) is 0 Å². The molecule has 1 amide bonds. The first kappa shape index (κ1) is 19.2. The molecule has 1 aromatic heterocycles. The highest BCUT2D eigenvalue weighted by molar-refractivity contribution is 9.10. The second-order valence-corrected chi connectivity index (χ2v) is 7.17. The largest absolute Gasteiger partial charge is 0.497 e. The lowest BCUT2D eigenvalue weighted by Crippen LogP contribution is -2.20. The van der Waals surface area contributed by atoms with Gasteiger partial charge in [0.15, 0.2) is 11.7 Å². The standard InChI is InChI=1S/C19H17BrN2O4S/c1-24-14-7-8-15(17(9-14)25-2)16-11-27-19(21-16)22-18(23)10-26-13-5-3-12(20)4-6-13/h3-9,11H,10H2,1-2H3,(H,21,22,23). The van der Waals surface area contributed by atoms with Gasteiger partial charge in [0.05, 0.1) is 19.9 Å². The van der Waals surface area contributed by atoms with Gasteiger partial charge in [-0.3, -0.25) is 10.1 Å². The van der Waals surface area contributed by atoms with Gasteiger partial charge in [-0.25, -0.2) is 4.98 Å². The van der Waals surface area contributed by atoms with Crippen LogP contribution in [0.15, 0.2) is 52.3 Å². The number of anilines is 1. The van der Waals surface area contributed by atoms with E-state index in [1.54, 1.807) is 32.4 Å². The van der Waals surface area contributed by atoms with Gasteiger partial charge in [-0.1, -0.05) is 15.9 Å². The number of ether oxygens (including phenoxy) is 3. The van der Waals surface area contributed by atoms with Crippen LogP contribution in [0.4, 0.5) is 5.13 Å². The van der Waals surface area contributed by atoms with E-state index in [0.717, 1.165) is 10.0 Å². The summed E-state index contributed by atoms with van der Waals surface area (Å²) in [6.07, 6.45) is 0. The van der Waals surface area contributed by atoms with Gasteiger partial charge in [-0.2, -0.15) is 0 Å². The molecule has 2 aromatic carbocycles. The van der Waals surface area contributed by atoms with Gasteiger partial charge in [0.25, 0.3) is 5.91 Å². The molecule has 27 heavy (non-hydrogen) atoms. The maximum Gasteiger partial charge on any atom is 0.264 e. The summed E-state index contributed by atoms with van der Waals surface area (Å²) in [7, 11) is 3.19. The molecule has 0 spiro atoms. The third-order valence-corrected chi connectivity index (χ3v) is 4.91. The second-order valence-electron chi connectivity index (χ2n) is 5.39. The van der Waals surface area contributed by atoms with E-state index in [2.05, 4.69) is 26.2 Å². The van der Waals surface area contributed by atoms with Crippen molar-refractivity contribution in [3.05, 3.63) is 52.3 Å². The number of benzene rings is 2. The van der Waals surface area contributed by atoms with E-state index in [1.807, 2.05) is 29.6 Å². The first-order valence-electron chi connectivity index (χ1n) is 7.95. The van der Waals surface area contributed by atoms with Crippen molar-refractivity contribution in [2.45, 2.75) is 0 Å². The van der Waals surface area contributed by atoms with E-state index >= 15 is 0 Å². The number of amides is 1. The van der Waals surface area contributed by atoms with Gasteiger partial charge in [0, 0.05) is 21.5 Å². The van der Waals surface area contributed by atoms with Crippen molar-refractivity contribution in [2.24, 2.45) is 0 Å². The number of rotatable bonds is 7. The quantitative estimate of drug-likeness (QED) is 0.571. The normalized spacial score (nSPS) is 10.3. The van der Waals surface area contributed by atoms with Gasteiger partial charge in [-0.05, 0) is 36.4 Å². The van der Waals surface area contributed by atoms with Crippen LogP contribution in [0.25, 0.3) is 11.3 Å². The number of methoxy groups -OCH3 is 2. The Balaban J connectivity index is 1.63. The second kappa shape index (κ2) is 8.88. The summed E-state index contributed by atoms with van der Waals surface area (Å²) in [5.74, 6) is 1.69. The number of thiazole rings is 1. The SMILES string of the molecule is COc1ccc(-c2csc(NC(=O)COc3ccc(Br)cc3)n2)c(OC)c1. The Labute approximate surface area is 169 Å². The fraction of sp³-hybridized carbons (Fsp3) is 0.158. The number of hydrogen-bond acceptors (Lipinski definition) is 6. The van der Waals surface area contributed by atoms with Crippen LogP contribution in [0.2, 0.25) is 0 Å². The van der Waals surface area contributed by atoms with Crippen molar-refractivity contribution in [1.29, 1.82) is 0 Å². The summed E-state index contributed by atoms with van der Waals surface area (Å²) >= 11 is 4.69. The number of carbonyl (C=O) groups excluding carboxylic acids is 1. The Morgan fingerprint density at radius 2 is 1.85 bits per heavy atom. The number of aromatic nitrogens is 1. The van der Waals surface area contributed by atoms with Crippen molar-refractivity contribution >= 4 is 38.3 Å². The van der Waals surface area contributed by atoms with E-state index in [9.17, 15) is 4.79 Å². The van der Waals surface area contributed by atoms with E-state index in [4.69, 9.17) is 14.2 Å². The predicted octanol–water partition coefficient (Wildman–Crippen LogP) is 4.61. The first-order chi connectivity index (χ1) is 13.1. The molecule has 0 bridgehead atoms. The molecule has 0 atom stereocenters. The molecule has 3 rings (SSSR count). The molecular formula is C19H17BrN2O4S. The molecule has 6 nitrogen and oxygen atoms in total. The third kappa shape index (κ3) is 4.99. The van der Waals surface area contributed by atoms with Crippen LogP contribution in [-0.2, 0) is 4.79 Å². The van der Waals surface area contributed by atoms with Gasteiger partial charge in [0.1, 0.15) is 17.2 Å². The number of hydrogen-bond donors (Lipinski definition) is 1. The number of nitrogens with zero attached hydrogens (tertiary/aromatic N) is 1. The molecule has 0 fully saturated rings. The molecule has 0 aliphatic heterocycles. The molecule has 1 heterocycles. The minimum Gasteiger partial charge on any atom is -0.497 e. The third-order valence-electron chi connectivity index (χ3n) is 3.62. The van der Waals surface area contributed by atoms with Crippen molar-refractivity contribution in [3.8, 4) is 28.5 Å². The molecule has 8 heteroatoms. The minimum absolute atomic E-state index is 0.0948. The summed E-state index contributed by atoms with van der Waals surface area (Å²) in [5, 5.41) is 5.09. The Morgan fingerprint density at radius 3 is 2.56 bits per heavy atom. The van der Waals surface area contributed by atoms with Crippen molar-refractivity contribution in [1.82, 2.24) is 4.98 Å². The summed E-state index contributed by atoms with van der Waals surface area (Å²) in [6.45, 7) is -0.0948. The molecule has 0 saturated carbocycles. The summed E-state index contributed by atoms with van der Waals surface area (Å²) in [4.78, 5) is 16.5. The molecule has 0 unspecified atom stereocenters. The van der Waals surface area contributed by atoms with Gasteiger partial charge < -0.3 is 14.2 Å². The smallest absolute Gasteiger partial charge is 0.264 e. The molecule has 0 aliphatic carbocycles. The van der Waals surface area contributed by atoms with Crippen molar-refractivity contribution in [3.63, 3.8) is 0 Å². The zero-order valence-electron chi connectivity index (χ0n) is 14.7. The van der Waals surface area contributed by atoms with Gasteiger partial charge in [-0.15, -0.1) is 11.3 Å². The van der Waals surface area contributed by atoms with E-state index in [-0.39, 0.29) is 12.5 Å². The molecular weight excluding hydrogens is 432 g/mol. The minimum atomic E-state index is -0.277. The van der Waals surface area contributed by atoms with E-state index < -0.39 is 0 Å².